The molecule has 0 unspecified atom stereocenters. The molecule has 1 saturated heterocycles. The van der Waals surface area contributed by atoms with Crippen molar-refractivity contribution in [1.29, 1.82) is 0 Å². The average Bonchev–Trinajstić information content (AvgIpc) is 3.26. The quantitative estimate of drug-likeness (QED) is 0.449. The Bertz CT molecular complexity index is 653. The summed E-state index contributed by atoms with van der Waals surface area (Å²) in [6, 6.07) is 8.61. The van der Waals surface area contributed by atoms with Crippen molar-refractivity contribution in [2.75, 3.05) is 40.5 Å². The summed E-state index contributed by atoms with van der Waals surface area (Å²) in [6.45, 7) is 4.82. The highest BCUT2D eigenvalue weighted by Crippen LogP contribution is 2.40. The van der Waals surface area contributed by atoms with Gasteiger partial charge in [0.15, 0.2) is 5.96 Å². The molecule has 6 nitrogen and oxygen atoms in total. The number of methoxy groups -OCH3 is 1. The molecule has 2 N–H and O–H groups in total. The van der Waals surface area contributed by atoms with Crippen molar-refractivity contribution >= 4 is 5.96 Å². The standard InChI is InChI=1S/C24H39N3O3/c1-25-23(27-19-24(12-15-28-2)10-3-4-11-24)26-17-20-6-5-7-21(16-20)18-30-22-8-13-29-14-9-22/h5-7,16,22H,3-4,8-15,17-19H2,1-2H3,(H2,25,26,27). The highest BCUT2D eigenvalue weighted by atomic mass is 16.5. The van der Waals surface area contributed by atoms with Crippen molar-refractivity contribution in [1.82, 2.24) is 10.6 Å². The van der Waals surface area contributed by atoms with Crippen LogP contribution < -0.4 is 10.6 Å². The minimum atomic E-state index is 0.324. The molecule has 0 amide bonds. The zero-order chi connectivity index (χ0) is 21.1. The number of aliphatic imine (C=N–C) groups is 1. The summed E-state index contributed by atoms with van der Waals surface area (Å²) in [5.74, 6) is 0.863. The first-order valence-electron chi connectivity index (χ1n) is 11.4. The second kappa shape index (κ2) is 12.3. The van der Waals surface area contributed by atoms with Crippen molar-refractivity contribution in [3.05, 3.63) is 35.4 Å². The number of nitrogens with zero attached hydrogens (tertiary/aromatic N) is 1. The molecule has 1 aromatic rings. The first kappa shape index (κ1) is 23.0. The molecule has 1 aliphatic carbocycles. The van der Waals surface area contributed by atoms with Gasteiger partial charge in [-0.15, -0.1) is 0 Å². The lowest BCUT2D eigenvalue weighted by Crippen LogP contribution is -2.43. The van der Waals surface area contributed by atoms with Crippen LogP contribution in [0.5, 0.6) is 0 Å². The van der Waals surface area contributed by atoms with Gasteiger partial charge < -0.3 is 24.8 Å². The minimum Gasteiger partial charge on any atom is -0.385 e. The number of hydrogen-bond donors (Lipinski definition) is 2. The van der Waals surface area contributed by atoms with Gasteiger partial charge >= 0.3 is 0 Å². The lowest BCUT2D eigenvalue weighted by atomic mass is 9.83. The zero-order valence-electron chi connectivity index (χ0n) is 18.8. The molecule has 0 aromatic heterocycles. The molecule has 0 atom stereocenters. The number of rotatable bonds is 10. The first-order chi connectivity index (χ1) is 14.7. The Morgan fingerprint density at radius 1 is 1.17 bits per heavy atom. The Balaban J connectivity index is 1.45. The van der Waals surface area contributed by atoms with Crippen molar-refractivity contribution in [3.63, 3.8) is 0 Å². The molecule has 0 spiro atoms. The Kier molecular flexibility index (Phi) is 9.43. The molecule has 0 radical (unpaired) electrons. The van der Waals surface area contributed by atoms with E-state index in [1.54, 1.807) is 7.11 Å². The summed E-state index contributed by atoms with van der Waals surface area (Å²) in [5.41, 5.74) is 2.80. The normalized spacial score (nSPS) is 19.7. The molecule has 1 aliphatic heterocycles. The van der Waals surface area contributed by atoms with Crippen LogP contribution in [0.25, 0.3) is 0 Å². The van der Waals surface area contributed by atoms with Crippen molar-refractivity contribution < 1.29 is 14.2 Å². The number of guanidine groups is 1. The Morgan fingerprint density at radius 2 is 1.93 bits per heavy atom. The van der Waals surface area contributed by atoms with Crippen LogP contribution in [0.1, 0.15) is 56.1 Å². The van der Waals surface area contributed by atoms with Gasteiger partial charge in [-0.2, -0.15) is 0 Å². The third-order valence-electron chi connectivity index (χ3n) is 6.46. The smallest absolute Gasteiger partial charge is 0.191 e. The minimum absolute atomic E-state index is 0.324. The van der Waals surface area contributed by atoms with E-state index < -0.39 is 0 Å². The molecule has 2 aliphatic rings. The van der Waals surface area contributed by atoms with Crippen LogP contribution >= 0.6 is 0 Å². The molecular formula is C24H39N3O3. The molecule has 30 heavy (non-hydrogen) atoms. The largest absolute Gasteiger partial charge is 0.385 e. The van der Waals surface area contributed by atoms with Crippen LogP contribution in [0.2, 0.25) is 0 Å². The van der Waals surface area contributed by atoms with Gasteiger partial charge in [-0.1, -0.05) is 37.1 Å². The van der Waals surface area contributed by atoms with Gasteiger partial charge in [0.25, 0.3) is 0 Å². The van der Waals surface area contributed by atoms with E-state index in [0.717, 1.165) is 58.1 Å². The molecule has 1 heterocycles. The fourth-order valence-corrected chi connectivity index (χ4v) is 4.52. The fourth-order valence-electron chi connectivity index (χ4n) is 4.52. The maximum atomic E-state index is 6.06. The van der Waals surface area contributed by atoms with Crippen molar-refractivity contribution in [3.8, 4) is 0 Å². The van der Waals surface area contributed by atoms with E-state index in [0.29, 0.717) is 18.1 Å². The highest BCUT2D eigenvalue weighted by molar-refractivity contribution is 5.79. The summed E-state index contributed by atoms with van der Waals surface area (Å²) in [7, 11) is 3.63. The summed E-state index contributed by atoms with van der Waals surface area (Å²) in [4.78, 5) is 4.42. The Hall–Kier alpha value is -1.63. The third kappa shape index (κ3) is 7.25. The maximum absolute atomic E-state index is 6.06. The zero-order valence-corrected chi connectivity index (χ0v) is 18.8. The van der Waals surface area contributed by atoms with Gasteiger partial charge in [-0.25, -0.2) is 0 Å². The van der Waals surface area contributed by atoms with Crippen LogP contribution in [0.15, 0.2) is 29.3 Å². The van der Waals surface area contributed by atoms with Crippen molar-refractivity contribution in [2.24, 2.45) is 10.4 Å². The molecule has 2 fully saturated rings. The summed E-state index contributed by atoms with van der Waals surface area (Å²) in [5, 5.41) is 7.03. The molecular weight excluding hydrogens is 378 g/mol. The lowest BCUT2D eigenvalue weighted by molar-refractivity contribution is -0.0390. The molecule has 3 rings (SSSR count). The first-order valence-corrected chi connectivity index (χ1v) is 11.4. The van der Waals surface area contributed by atoms with Crippen LogP contribution in [0, 0.1) is 5.41 Å². The molecule has 1 aromatic carbocycles. The molecule has 6 heteroatoms. The van der Waals surface area contributed by atoms with Gasteiger partial charge in [0, 0.05) is 47.1 Å². The number of hydrogen-bond acceptors (Lipinski definition) is 4. The monoisotopic (exact) mass is 417 g/mol. The molecule has 168 valence electrons. The number of benzene rings is 1. The maximum Gasteiger partial charge on any atom is 0.191 e. The summed E-state index contributed by atoms with van der Waals surface area (Å²) in [6.07, 6.45) is 8.61. The second-order valence-corrected chi connectivity index (χ2v) is 8.67. The van der Waals surface area contributed by atoms with Crippen LogP contribution in [-0.2, 0) is 27.4 Å². The summed E-state index contributed by atoms with van der Waals surface area (Å²) < 4.78 is 16.8. The van der Waals surface area contributed by atoms with Crippen LogP contribution in [-0.4, -0.2) is 52.6 Å². The Labute approximate surface area is 181 Å². The lowest BCUT2D eigenvalue weighted by Gasteiger charge is -2.30. The van der Waals surface area contributed by atoms with E-state index in [9.17, 15) is 0 Å². The average molecular weight is 418 g/mol. The van der Waals surface area contributed by atoms with Crippen LogP contribution in [0.4, 0.5) is 0 Å². The van der Waals surface area contributed by atoms with E-state index in [2.05, 4.69) is 39.9 Å². The van der Waals surface area contributed by atoms with E-state index in [4.69, 9.17) is 14.2 Å². The molecule has 1 saturated carbocycles. The van der Waals surface area contributed by atoms with Crippen molar-refractivity contribution in [2.45, 2.75) is 64.2 Å². The highest BCUT2D eigenvalue weighted by Gasteiger charge is 2.33. The van der Waals surface area contributed by atoms with E-state index in [1.807, 2.05) is 7.05 Å². The van der Waals surface area contributed by atoms with Gasteiger partial charge in [-0.3, -0.25) is 4.99 Å². The number of nitrogens with one attached hydrogen (secondary N) is 2. The third-order valence-corrected chi connectivity index (χ3v) is 6.46. The topological polar surface area (TPSA) is 64.1 Å². The fraction of sp³-hybridized carbons (Fsp3) is 0.708. The van der Waals surface area contributed by atoms with Gasteiger partial charge in [-0.05, 0) is 48.6 Å². The van der Waals surface area contributed by atoms with E-state index in [-0.39, 0.29) is 0 Å². The molecule has 0 bridgehead atoms. The van der Waals surface area contributed by atoms with Gasteiger partial charge in [0.1, 0.15) is 0 Å². The summed E-state index contributed by atoms with van der Waals surface area (Å²) >= 11 is 0. The SMILES string of the molecule is CN=C(NCc1cccc(COC2CCOCC2)c1)NCC1(CCOC)CCCC1. The van der Waals surface area contributed by atoms with Gasteiger partial charge in [0.05, 0.1) is 12.7 Å². The predicted molar refractivity (Wildman–Crippen MR) is 121 cm³/mol. The second-order valence-electron chi connectivity index (χ2n) is 8.67. The predicted octanol–water partition coefficient (Wildman–Crippen LogP) is 3.64. The van der Waals surface area contributed by atoms with Gasteiger partial charge in [0.2, 0.25) is 0 Å². The number of ether oxygens (including phenoxy) is 3. The van der Waals surface area contributed by atoms with E-state index in [1.165, 1.54) is 36.8 Å². The Morgan fingerprint density at radius 3 is 2.67 bits per heavy atom. The van der Waals surface area contributed by atoms with E-state index >= 15 is 0 Å². The van der Waals surface area contributed by atoms with Crippen LogP contribution in [0.3, 0.4) is 0 Å².